The molecular formula is C13H12ClF4N3O2. The number of likely N-dealkylation sites (N-methyl/N-ethyl adjacent to an activating group) is 1. The molecule has 0 aliphatic carbocycles. The monoisotopic (exact) mass is 353 g/mol. The van der Waals surface area contributed by atoms with E-state index in [1.807, 2.05) is 0 Å². The van der Waals surface area contributed by atoms with Crippen molar-refractivity contribution in [2.45, 2.75) is 24.4 Å². The Bertz CT molecular complexity index is 645. The molecule has 0 saturated carbocycles. The van der Waals surface area contributed by atoms with Crippen LogP contribution in [-0.4, -0.2) is 41.3 Å². The van der Waals surface area contributed by atoms with E-state index in [1.54, 1.807) is 0 Å². The fourth-order valence-corrected chi connectivity index (χ4v) is 2.07. The van der Waals surface area contributed by atoms with Crippen molar-refractivity contribution in [3.8, 4) is 0 Å². The topological polar surface area (TPSA) is 65.3 Å². The molecule has 1 heterocycles. The summed E-state index contributed by atoms with van der Waals surface area (Å²) in [7, 11) is 1.24. The maximum atomic E-state index is 13.1. The summed E-state index contributed by atoms with van der Waals surface area (Å²) < 4.78 is 51.0. The van der Waals surface area contributed by atoms with E-state index < -0.39 is 36.1 Å². The lowest BCUT2D eigenvalue weighted by Gasteiger charge is -2.23. The van der Waals surface area contributed by atoms with Gasteiger partial charge in [0.2, 0.25) is 0 Å². The van der Waals surface area contributed by atoms with E-state index >= 15 is 0 Å². The van der Waals surface area contributed by atoms with Gasteiger partial charge in [0.05, 0.1) is 5.02 Å². The second kappa shape index (κ2) is 6.04. The number of nitrogens with zero attached hydrogens (tertiary/aromatic N) is 3. The molecule has 126 valence electrons. The molecular weight excluding hydrogens is 342 g/mol. The number of hydrogen-bond donors (Lipinski definition) is 1. The number of hydrogen-bond acceptors (Lipinski definition) is 4. The van der Waals surface area contributed by atoms with Crippen LogP contribution in [0, 0.1) is 5.82 Å². The fraction of sp³-hybridized carbons (Fsp3) is 0.462. The molecule has 10 heteroatoms. The molecule has 0 fully saturated rings. The van der Waals surface area contributed by atoms with Crippen LogP contribution in [0.25, 0.3) is 0 Å². The largest absolute Gasteiger partial charge is 0.437 e. The number of alkyl halides is 3. The van der Waals surface area contributed by atoms with Crippen molar-refractivity contribution in [2.75, 3.05) is 13.6 Å². The predicted octanol–water partition coefficient (Wildman–Crippen LogP) is 3.09. The summed E-state index contributed by atoms with van der Waals surface area (Å²) in [4.78, 5) is 13.0. The van der Waals surface area contributed by atoms with Gasteiger partial charge in [0.1, 0.15) is 5.82 Å². The Morgan fingerprint density at radius 3 is 2.52 bits per heavy atom. The fourth-order valence-electron chi connectivity index (χ4n) is 1.88. The van der Waals surface area contributed by atoms with E-state index in [0.29, 0.717) is 0 Å². The molecule has 1 aliphatic rings. The number of halogens is 5. The summed E-state index contributed by atoms with van der Waals surface area (Å²) in [6, 6.07) is 3.23. The molecule has 2 rings (SSSR count). The highest BCUT2D eigenvalue weighted by atomic mass is 35.5. The number of carbonyl (C=O) groups is 1. The van der Waals surface area contributed by atoms with Gasteiger partial charge in [-0.25, -0.2) is 4.39 Å². The van der Waals surface area contributed by atoms with Crippen molar-refractivity contribution in [1.82, 2.24) is 4.90 Å². The molecule has 0 spiro atoms. The maximum absolute atomic E-state index is 13.1. The zero-order valence-electron chi connectivity index (χ0n) is 11.8. The summed E-state index contributed by atoms with van der Waals surface area (Å²) in [6.45, 7) is -0.308. The third-order valence-corrected chi connectivity index (χ3v) is 3.75. The molecule has 1 aromatic rings. The Balaban J connectivity index is 1.98. The normalized spacial score (nSPS) is 17.0. The average Bonchev–Trinajstić information content (AvgIpc) is 3.27. The number of aliphatic hydroxyl groups is 1. The van der Waals surface area contributed by atoms with Crippen LogP contribution in [0.2, 0.25) is 5.02 Å². The van der Waals surface area contributed by atoms with Crippen LogP contribution >= 0.6 is 11.6 Å². The molecule has 1 N–H and O–H groups in total. The summed E-state index contributed by atoms with van der Waals surface area (Å²) >= 11 is 5.56. The zero-order chi connectivity index (χ0) is 17.4. The lowest BCUT2D eigenvalue weighted by molar-refractivity contribution is -0.166. The second-order valence-corrected chi connectivity index (χ2v) is 5.51. The van der Waals surface area contributed by atoms with Gasteiger partial charge in [0.25, 0.3) is 11.6 Å². The highest BCUT2D eigenvalue weighted by Gasteiger charge is 2.63. The van der Waals surface area contributed by atoms with Crippen LogP contribution in [0.4, 0.5) is 17.6 Å². The van der Waals surface area contributed by atoms with Crippen molar-refractivity contribution in [2.24, 2.45) is 10.2 Å². The van der Waals surface area contributed by atoms with Crippen LogP contribution < -0.4 is 0 Å². The SMILES string of the molecule is CN(CCC1(C(F)(F)F)N=N1)C(=O)C(O)c1ccc(F)c(Cl)c1. The molecule has 1 aliphatic heterocycles. The summed E-state index contributed by atoms with van der Waals surface area (Å²) in [5.41, 5.74) is -2.41. The van der Waals surface area contributed by atoms with Crippen LogP contribution in [-0.2, 0) is 4.79 Å². The van der Waals surface area contributed by atoms with Crippen LogP contribution in [0.15, 0.2) is 28.4 Å². The first-order chi connectivity index (χ1) is 10.6. The Morgan fingerprint density at radius 2 is 2.04 bits per heavy atom. The predicted molar refractivity (Wildman–Crippen MR) is 72.3 cm³/mol. The number of amides is 1. The third kappa shape index (κ3) is 3.61. The Morgan fingerprint density at radius 1 is 1.43 bits per heavy atom. The lowest BCUT2D eigenvalue weighted by atomic mass is 10.1. The van der Waals surface area contributed by atoms with E-state index in [2.05, 4.69) is 10.2 Å². The molecule has 1 amide bonds. The lowest BCUT2D eigenvalue weighted by Crippen LogP contribution is -2.39. The number of aliphatic hydroxyl groups excluding tert-OH is 1. The highest BCUT2D eigenvalue weighted by molar-refractivity contribution is 6.30. The number of carbonyl (C=O) groups excluding carboxylic acids is 1. The summed E-state index contributed by atoms with van der Waals surface area (Å²) in [5, 5.41) is 15.7. The Kier molecular flexibility index (Phi) is 4.63. The zero-order valence-corrected chi connectivity index (χ0v) is 12.6. The summed E-state index contributed by atoms with van der Waals surface area (Å²) in [6.07, 6.45) is -6.80. The van der Waals surface area contributed by atoms with Gasteiger partial charge >= 0.3 is 6.18 Å². The minimum absolute atomic E-state index is 0.0413. The molecule has 1 unspecified atom stereocenters. The molecule has 23 heavy (non-hydrogen) atoms. The van der Waals surface area contributed by atoms with Gasteiger partial charge in [-0.2, -0.15) is 13.2 Å². The van der Waals surface area contributed by atoms with Gasteiger partial charge in [-0.15, -0.1) is 10.2 Å². The highest BCUT2D eigenvalue weighted by Crippen LogP contribution is 2.46. The molecule has 1 atom stereocenters. The van der Waals surface area contributed by atoms with Crippen molar-refractivity contribution in [3.05, 3.63) is 34.6 Å². The van der Waals surface area contributed by atoms with Gasteiger partial charge in [-0.1, -0.05) is 17.7 Å². The van der Waals surface area contributed by atoms with Crippen LogP contribution in [0.3, 0.4) is 0 Å². The van der Waals surface area contributed by atoms with E-state index in [1.165, 1.54) is 13.1 Å². The summed E-state index contributed by atoms with van der Waals surface area (Å²) in [5.74, 6) is -1.56. The Hall–Kier alpha value is -1.74. The molecule has 0 radical (unpaired) electrons. The smallest absolute Gasteiger partial charge is 0.378 e. The first-order valence-corrected chi connectivity index (χ1v) is 6.84. The first-order valence-electron chi connectivity index (χ1n) is 6.46. The molecule has 0 aromatic heterocycles. The number of benzene rings is 1. The molecule has 5 nitrogen and oxygen atoms in total. The third-order valence-electron chi connectivity index (χ3n) is 3.46. The van der Waals surface area contributed by atoms with Crippen molar-refractivity contribution in [3.63, 3.8) is 0 Å². The maximum Gasteiger partial charge on any atom is 0.437 e. The van der Waals surface area contributed by atoms with E-state index in [4.69, 9.17) is 11.6 Å². The molecule has 0 saturated heterocycles. The average molecular weight is 354 g/mol. The van der Waals surface area contributed by atoms with E-state index in [0.717, 1.165) is 17.0 Å². The number of rotatable bonds is 5. The van der Waals surface area contributed by atoms with Crippen molar-refractivity contribution < 1.29 is 27.5 Å². The Labute approximate surface area is 133 Å². The van der Waals surface area contributed by atoms with Crippen molar-refractivity contribution in [1.29, 1.82) is 0 Å². The quantitative estimate of drug-likeness (QED) is 0.827. The second-order valence-electron chi connectivity index (χ2n) is 5.10. The van der Waals surface area contributed by atoms with Gasteiger partial charge in [-0.3, -0.25) is 4.79 Å². The first kappa shape index (κ1) is 17.6. The molecule has 0 bridgehead atoms. The van der Waals surface area contributed by atoms with Gasteiger partial charge in [0.15, 0.2) is 6.10 Å². The minimum Gasteiger partial charge on any atom is -0.378 e. The van der Waals surface area contributed by atoms with Crippen LogP contribution in [0.5, 0.6) is 0 Å². The standard InChI is InChI=1S/C13H12ClF4N3O2/c1-21(5-4-12(19-20-12)13(16,17)18)11(23)10(22)7-2-3-9(15)8(14)6-7/h2-3,6,10,22H,4-5H2,1H3. The van der Waals surface area contributed by atoms with Gasteiger partial charge < -0.3 is 10.0 Å². The van der Waals surface area contributed by atoms with E-state index in [-0.39, 0.29) is 17.1 Å². The minimum atomic E-state index is -4.61. The van der Waals surface area contributed by atoms with E-state index in [9.17, 15) is 27.5 Å². The van der Waals surface area contributed by atoms with Crippen LogP contribution in [0.1, 0.15) is 18.1 Å². The molecule has 1 aromatic carbocycles. The van der Waals surface area contributed by atoms with Crippen molar-refractivity contribution >= 4 is 17.5 Å². The van der Waals surface area contributed by atoms with Gasteiger partial charge in [-0.05, 0) is 17.7 Å². The van der Waals surface area contributed by atoms with Gasteiger partial charge in [0, 0.05) is 20.0 Å².